The second-order valence-corrected chi connectivity index (χ2v) is 13.2. The average molecular weight is 485 g/mol. The molecule has 0 radical (unpaired) electrons. The molecule has 0 aliphatic rings. The third-order valence-corrected chi connectivity index (χ3v) is 6.32. The van der Waals surface area contributed by atoms with E-state index in [-0.39, 0.29) is 19.2 Å². The highest BCUT2D eigenvalue weighted by Gasteiger charge is 2.15. The maximum Gasteiger partial charge on any atom is 0.305 e. The van der Waals surface area contributed by atoms with E-state index in [4.69, 9.17) is 14.0 Å². The Balaban J connectivity index is 3.39. The molecule has 0 fully saturated rings. The molecule has 1 N–H and O–H groups in total. The quantitative estimate of drug-likeness (QED) is 0.0749. The van der Waals surface area contributed by atoms with E-state index in [2.05, 4.69) is 31.0 Å². The molecule has 2 unspecified atom stereocenters. The first-order chi connectivity index (χ1) is 14.4. The second kappa shape index (κ2) is 21.2. The predicted octanol–water partition coefficient (Wildman–Crippen LogP) is 6.97. The summed E-state index contributed by atoms with van der Waals surface area (Å²) in [5.74, 6) is -0.221. The van der Waals surface area contributed by atoms with Gasteiger partial charge in [0.15, 0.2) is 0 Å². The molecule has 0 aliphatic carbocycles. The van der Waals surface area contributed by atoms with Crippen LogP contribution in [0.1, 0.15) is 110 Å². The van der Waals surface area contributed by atoms with Gasteiger partial charge < -0.3 is 18.9 Å². The first kappa shape index (κ1) is 30.4. The molecule has 2 atom stereocenters. The van der Waals surface area contributed by atoms with Gasteiger partial charge in [0.2, 0.25) is 5.69 Å². The summed E-state index contributed by atoms with van der Waals surface area (Å²) in [6.07, 6.45) is 19.5. The molecule has 5 nitrogen and oxygen atoms in total. The molecule has 0 amide bonds. The molecule has 0 rings (SSSR count). The highest BCUT2D eigenvalue weighted by Crippen LogP contribution is 2.47. The van der Waals surface area contributed by atoms with E-state index in [1.165, 1.54) is 90.6 Å². The Labute approximate surface area is 195 Å². The van der Waals surface area contributed by atoms with E-state index in [1.807, 2.05) is 0 Å². The van der Waals surface area contributed by atoms with Crippen LogP contribution in [0.15, 0.2) is 0 Å². The SMILES string of the molecule is CCCCCCCCCCCCCCCCCC(=O)OCC(COP(O)(=S)S)OC. The van der Waals surface area contributed by atoms with Crippen LogP contribution in [0.25, 0.3) is 0 Å². The first-order valence-electron chi connectivity index (χ1n) is 11.8. The van der Waals surface area contributed by atoms with Crippen molar-refractivity contribution >= 4 is 35.7 Å². The lowest BCUT2D eigenvalue weighted by atomic mass is 10.0. The van der Waals surface area contributed by atoms with Crippen molar-refractivity contribution in [2.45, 2.75) is 116 Å². The van der Waals surface area contributed by atoms with E-state index in [9.17, 15) is 9.69 Å². The Morgan fingerprint density at radius 2 is 1.30 bits per heavy atom. The number of carbonyl (C=O) groups excluding carboxylic acids is 1. The number of thiol groups is 1. The molecule has 0 heterocycles. The van der Waals surface area contributed by atoms with Crippen molar-refractivity contribution in [2.24, 2.45) is 0 Å². The Hall–Kier alpha value is 0.350. The molecule has 0 aliphatic heterocycles. The monoisotopic (exact) mass is 484 g/mol. The van der Waals surface area contributed by atoms with Crippen LogP contribution >= 0.6 is 17.9 Å². The van der Waals surface area contributed by atoms with E-state index >= 15 is 0 Å². The normalized spacial score (nSPS) is 14.4. The van der Waals surface area contributed by atoms with Gasteiger partial charge in [-0.2, -0.15) is 0 Å². The number of carbonyl (C=O) groups is 1. The Morgan fingerprint density at radius 1 is 0.867 bits per heavy atom. The maximum absolute atomic E-state index is 11.8. The highest BCUT2D eigenvalue weighted by molar-refractivity contribution is 8.59. The molecule has 180 valence electrons. The summed E-state index contributed by atoms with van der Waals surface area (Å²) < 4.78 is 15.4. The average Bonchev–Trinajstić information content (AvgIpc) is 2.70. The van der Waals surface area contributed by atoms with Gasteiger partial charge in [0.05, 0.1) is 6.61 Å². The summed E-state index contributed by atoms with van der Waals surface area (Å²) in [7, 11) is 1.50. The second-order valence-electron chi connectivity index (χ2n) is 8.03. The van der Waals surface area contributed by atoms with Crippen molar-refractivity contribution in [1.29, 1.82) is 0 Å². The van der Waals surface area contributed by atoms with Crippen molar-refractivity contribution < 1.29 is 23.7 Å². The van der Waals surface area contributed by atoms with Gasteiger partial charge in [0.1, 0.15) is 12.7 Å². The van der Waals surface area contributed by atoms with E-state index < -0.39 is 11.8 Å². The lowest BCUT2D eigenvalue weighted by Gasteiger charge is -2.17. The van der Waals surface area contributed by atoms with Gasteiger partial charge >= 0.3 is 5.97 Å². The van der Waals surface area contributed by atoms with Crippen LogP contribution in [0, 0.1) is 0 Å². The number of rotatable bonds is 22. The molecule has 8 heteroatoms. The Bertz CT molecular complexity index is 445. The van der Waals surface area contributed by atoms with Crippen molar-refractivity contribution in [3.05, 3.63) is 0 Å². The van der Waals surface area contributed by atoms with Crippen LogP contribution in [-0.2, 0) is 30.6 Å². The van der Waals surface area contributed by atoms with Crippen LogP contribution < -0.4 is 0 Å². The van der Waals surface area contributed by atoms with Crippen molar-refractivity contribution in [3.8, 4) is 0 Å². The molecule has 0 aromatic carbocycles. The number of esters is 1. The minimum absolute atomic E-state index is 0.0556. The number of methoxy groups -OCH3 is 1. The van der Waals surface area contributed by atoms with Crippen LogP contribution in [0.5, 0.6) is 0 Å². The number of hydrogen-bond acceptors (Lipinski definition) is 5. The van der Waals surface area contributed by atoms with Crippen LogP contribution in [0.2, 0.25) is 0 Å². The minimum atomic E-state index is -3.02. The lowest BCUT2D eigenvalue weighted by molar-refractivity contribution is -0.148. The topological polar surface area (TPSA) is 65.0 Å². The van der Waals surface area contributed by atoms with Crippen LogP contribution in [0.4, 0.5) is 0 Å². The third kappa shape index (κ3) is 23.0. The fourth-order valence-electron chi connectivity index (χ4n) is 3.26. The molecule has 0 bridgehead atoms. The minimum Gasteiger partial charge on any atom is -0.463 e. The largest absolute Gasteiger partial charge is 0.463 e. The highest BCUT2D eigenvalue weighted by atomic mass is 32.9. The summed E-state index contributed by atoms with van der Waals surface area (Å²) in [5, 5.41) is 0. The summed E-state index contributed by atoms with van der Waals surface area (Å²) in [6, 6.07) is 0. The van der Waals surface area contributed by atoms with Gasteiger partial charge in [-0.05, 0) is 18.2 Å². The lowest BCUT2D eigenvalue weighted by Crippen LogP contribution is -2.25. The van der Waals surface area contributed by atoms with Crippen molar-refractivity contribution in [1.82, 2.24) is 0 Å². The van der Waals surface area contributed by atoms with Crippen molar-refractivity contribution in [3.63, 3.8) is 0 Å². The third-order valence-electron chi connectivity index (χ3n) is 5.18. The van der Waals surface area contributed by atoms with Gasteiger partial charge in [-0.3, -0.25) is 4.79 Å². The number of ether oxygens (including phenoxy) is 2. The first-order valence-corrected chi connectivity index (χ1v) is 15.6. The molecule has 0 aromatic heterocycles. The van der Waals surface area contributed by atoms with Gasteiger partial charge in [-0.15, -0.1) is 0 Å². The molecule has 0 saturated carbocycles. The predicted molar refractivity (Wildman–Crippen MR) is 133 cm³/mol. The van der Waals surface area contributed by atoms with Gasteiger partial charge in [-0.1, -0.05) is 109 Å². The molecule has 0 saturated heterocycles. The van der Waals surface area contributed by atoms with Gasteiger partial charge in [0, 0.05) is 13.5 Å². The van der Waals surface area contributed by atoms with E-state index in [0.29, 0.717) is 6.42 Å². The fourth-order valence-corrected chi connectivity index (χ4v) is 4.01. The zero-order chi connectivity index (χ0) is 22.5. The zero-order valence-electron chi connectivity index (χ0n) is 19.2. The summed E-state index contributed by atoms with van der Waals surface area (Å²) in [5.41, 5.74) is -3.02. The molecular weight excluding hydrogens is 439 g/mol. The van der Waals surface area contributed by atoms with Gasteiger partial charge in [-0.25, -0.2) is 0 Å². The zero-order valence-corrected chi connectivity index (χ0v) is 21.8. The Morgan fingerprint density at radius 3 is 1.70 bits per heavy atom. The molecular formula is C22H45O5PS2. The maximum atomic E-state index is 11.8. The number of hydrogen-bond donors (Lipinski definition) is 2. The van der Waals surface area contributed by atoms with E-state index in [1.54, 1.807) is 0 Å². The summed E-state index contributed by atoms with van der Waals surface area (Å²) >= 11 is 8.47. The van der Waals surface area contributed by atoms with Gasteiger partial charge in [0.25, 0.3) is 0 Å². The standard InChI is InChI=1S/C22H45O5PS2/c1-3-4-5-6-7-8-9-10-11-12-13-14-15-16-17-18-22(23)26-19-21(25-2)20-27-28(24,29)30/h21H,3-20H2,1-2H3,(H2,24,29,30). The Kier molecular flexibility index (Phi) is 21.5. The summed E-state index contributed by atoms with van der Waals surface area (Å²) in [6.45, 7) is 2.42. The van der Waals surface area contributed by atoms with Crippen LogP contribution in [-0.4, -0.2) is 37.3 Å². The smallest absolute Gasteiger partial charge is 0.305 e. The number of unbranched alkanes of at least 4 members (excludes halogenated alkanes) is 14. The molecule has 0 spiro atoms. The van der Waals surface area contributed by atoms with E-state index in [0.717, 1.165) is 12.8 Å². The fraction of sp³-hybridized carbons (Fsp3) is 0.955. The molecule has 0 aromatic rings. The summed E-state index contributed by atoms with van der Waals surface area (Å²) in [4.78, 5) is 21.1. The molecule has 30 heavy (non-hydrogen) atoms. The van der Waals surface area contributed by atoms with Crippen molar-refractivity contribution in [2.75, 3.05) is 20.3 Å². The van der Waals surface area contributed by atoms with Crippen LogP contribution in [0.3, 0.4) is 0 Å².